The maximum atomic E-state index is 12.0. The summed E-state index contributed by atoms with van der Waals surface area (Å²) in [6, 6.07) is 15.5. The Morgan fingerprint density at radius 3 is 2.59 bits per heavy atom. The Morgan fingerprint density at radius 2 is 1.86 bits per heavy atom. The molecule has 22 heavy (non-hydrogen) atoms. The van der Waals surface area contributed by atoms with Crippen molar-refractivity contribution >= 4 is 33.7 Å². The van der Waals surface area contributed by atoms with Crippen LogP contribution < -0.4 is 0 Å². The van der Waals surface area contributed by atoms with Crippen LogP contribution in [0.5, 0.6) is 0 Å². The van der Waals surface area contributed by atoms with Crippen LogP contribution in [0.15, 0.2) is 65.3 Å². The quantitative estimate of drug-likeness (QED) is 0.493. The predicted octanol–water partition coefficient (Wildman–Crippen LogP) is 3.66. The fourth-order valence-corrected chi connectivity index (χ4v) is 2.78. The molecule has 0 unspecified atom stereocenters. The molecule has 3 rings (SSSR count). The summed E-state index contributed by atoms with van der Waals surface area (Å²) in [5, 5.41) is 11.3. The molecule has 108 valence electrons. The molecular formula is C16H10N2O3S. The van der Waals surface area contributed by atoms with E-state index < -0.39 is 4.92 Å². The van der Waals surface area contributed by atoms with Gasteiger partial charge in [-0.15, -0.1) is 0 Å². The van der Waals surface area contributed by atoms with Crippen LogP contribution >= 0.6 is 11.8 Å². The first-order valence-corrected chi connectivity index (χ1v) is 7.27. The largest absolute Gasteiger partial charge is 0.279 e. The zero-order chi connectivity index (χ0) is 15.5. The van der Waals surface area contributed by atoms with Crippen molar-refractivity contribution in [3.8, 4) is 0 Å². The molecule has 0 spiro atoms. The van der Waals surface area contributed by atoms with Gasteiger partial charge in [0.25, 0.3) is 5.69 Å². The van der Waals surface area contributed by atoms with Crippen LogP contribution in [-0.2, 0) is 4.79 Å². The normalized spacial score (nSPS) is 15.9. The smallest absolute Gasteiger partial charge is 0.270 e. The molecule has 0 atom stereocenters. The highest BCUT2D eigenvalue weighted by Gasteiger charge is 2.23. The van der Waals surface area contributed by atoms with Gasteiger partial charge in [-0.1, -0.05) is 42.5 Å². The third-order valence-electron chi connectivity index (χ3n) is 3.03. The summed E-state index contributed by atoms with van der Waals surface area (Å²) < 4.78 is 0. The molecule has 0 aliphatic carbocycles. The number of non-ortho nitro benzene ring substituents is 1. The molecule has 2 aromatic carbocycles. The Morgan fingerprint density at radius 1 is 1.09 bits per heavy atom. The van der Waals surface area contributed by atoms with E-state index in [0.29, 0.717) is 16.3 Å². The van der Waals surface area contributed by atoms with Crippen molar-refractivity contribution in [2.45, 2.75) is 0 Å². The molecule has 1 aliphatic heterocycles. The van der Waals surface area contributed by atoms with Crippen molar-refractivity contribution in [1.29, 1.82) is 0 Å². The lowest BCUT2D eigenvalue weighted by molar-refractivity contribution is -0.384. The van der Waals surface area contributed by atoms with Crippen LogP contribution in [0, 0.1) is 10.1 Å². The summed E-state index contributed by atoms with van der Waals surface area (Å²) in [5.41, 5.74) is 1.74. The van der Waals surface area contributed by atoms with Crippen LogP contribution in [0.3, 0.4) is 0 Å². The molecule has 0 aromatic heterocycles. The lowest BCUT2D eigenvalue weighted by atomic mass is 10.2. The topological polar surface area (TPSA) is 72.6 Å². The molecule has 6 heteroatoms. The lowest BCUT2D eigenvalue weighted by Gasteiger charge is -1.95. The van der Waals surface area contributed by atoms with E-state index in [4.69, 9.17) is 0 Å². The Balaban J connectivity index is 1.94. The molecule has 5 nitrogen and oxygen atoms in total. The van der Waals surface area contributed by atoms with Crippen molar-refractivity contribution in [2.24, 2.45) is 4.99 Å². The van der Waals surface area contributed by atoms with Crippen LogP contribution in [0.2, 0.25) is 0 Å². The molecular weight excluding hydrogens is 300 g/mol. The third-order valence-corrected chi connectivity index (χ3v) is 3.94. The van der Waals surface area contributed by atoms with Gasteiger partial charge in [0.05, 0.1) is 4.92 Å². The molecule has 0 radical (unpaired) electrons. The number of aliphatic imine (C=N–C) groups is 1. The van der Waals surface area contributed by atoms with E-state index in [1.54, 1.807) is 18.2 Å². The van der Waals surface area contributed by atoms with E-state index in [0.717, 1.165) is 17.3 Å². The van der Waals surface area contributed by atoms with Gasteiger partial charge < -0.3 is 0 Å². The molecule has 0 bridgehead atoms. The van der Waals surface area contributed by atoms with Crippen molar-refractivity contribution in [1.82, 2.24) is 0 Å². The molecule has 2 aromatic rings. The zero-order valence-electron chi connectivity index (χ0n) is 11.3. The Labute approximate surface area is 130 Å². The molecule has 0 fully saturated rings. The number of carbonyl (C=O) groups excluding carboxylic acids is 1. The summed E-state index contributed by atoms with van der Waals surface area (Å²) in [7, 11) is 0. The number of nitro groups is 1. The maximum absolute atomic E-state index is 12.0. The van der Waals surface area contributed by atoms with E-state index in [-0.39, 0.29) is 10.8 Å². The zero-order valence-corrected chi connectivity index (χ0v) is 12.1. The van der Waals surface area contributed by atoms with Gasteiger partial charge in [0, 0.05) is 17.7 Å². The number of hydrogen-bond donors (Lipinski definition) is 0. The number of nitrogens with zero attached hydrogens (tertiary/aromatic N) is 2. The first-order valence-electron chi connectivity index (χ1n) is 6.46. The molecule has 0 saturated heterocycles. The number of carbonyl (C=O) groups is 1. The Hall–Kier alpha value is -2.73. The SMILES string of the molecule is O=C1SC(c2ccccc2)=N/C1=C\c1cccc([N+](=O)[O-])c1. The summed E-state index contributed by atoms with van der Waals surface area (Å²) >= 11 is 1.07. The molecule has 0 saturated carbocycles. The first kappa shape index (κ1) is 14.2. The predicted molar refractivity (Wildman–Crippen MR) is 86.7 cm³/mol. The second kappa shape index (κ2) is 5.95. The minimum atomic E-state index is -0.466. The number of thioether (sulfide) groups is 1. The van der Waals surface area contributed by atoms with Gasteiger partial charge in [0.15, 0.2) is 0 Å². The summed E-state index contributed by atoms with van der Waals surface area (Å²) in [6.45, 7) is 0. The first-order chi connectivity index (χ1) is 10.6. The van der Waals surface area contributed by atoms with E-state index in [2.05, 4.69) is 4.99 Å². The Kier molecular flexibility index (Phi) is 3.84. The monoisotopic (exact) mass is 310 g/mol. The minimum Gasteiger partial charge on any atom is -0.279 e. The van der Waals surface area contributed by atoms with Crippen LogP contribution in [0.4, 0.5) is 5.69 Å². The van der Waals surface area contributed by atoms with E-state index in [1.807, 2.05) is 30.3 Å². The number of hydrogen-bond acceptors (Lipinski definition) is 5. The fourth-order valence-electron chi connectivity index (χ4n) is 2.00. The molecule has 1 aliphatic rings. The van der Waals surface area contributed by atoms with E-state index in [1.165, 1.54) is 12.1 Å². The highest BCUT2D eigenvalue weighted by molar-refractivity contribution is 8.27. The molecule has 1 heterocycles. The van der Waals surface area contributed by atoms with Crippen molar-refractivity contribution in [3.63, 3.8) is 0 Å². The molecule has 0 amide bonds. The fraction of sp³-hybridized carbons (Fsp3) is 0. The lowest BCUT2D eigenvalue weighted by Crippen LogP contribution is -1.92. The second-order valence-electron chi connectivity index (χ2n) is 4.55. The highest BCUT2D eigenvalue weighted by Crippen LogP contribution is 2.29. The van der Waals surface area contributed by atoms with Gasteiger partial charge in [-0.25, -0.2) is 4.99 Å². The summed E-state index contributed by atoms with van der Waals surface area (Å²) in [4.78, 5) is 26.7. The summed E-state index contributed by atoms with van der Waals surface area (Å²) in [6.07, 6.45) is 1.57. The van der Waals surface area contributed by atoms with E-state index in [9.17, 15) is 14.9 Å². The molecule has 0 N–H and O–H groups in total. The third kappa shape index (κ3) is 2.96. The van der Waals surface area contributed by atoms with Crippen molar-refractivity contribution in [3.05, 3.63) is 81.5 Å². The van der Waals surface area contributed by atoms with Gasteiger partial charge in [0.2, 0.25) is 5.12 Å². The highest BCUT2D eigenvalue weighted by atomic mass is 32.2. The maximum Gasteiger partial charge on any atom is 0.270 e. The van der Waals surface area contributed by atoms with Crippen LogP contribution in [0.1, 0.15) is 11.1 Å². The average molecular weight is 310 g/mol. The standard InChI is InChI=1S/C16H10N2O3S/c19-16-14(10-11-5-4-8-13(9-11)18(20)21)17-15(22-16)12-6-2-1-3-7-12/h1-10H/b14-10-. The van der Waals surface area contributed by atoms with E-state index >= 15 is 0 Å². The van der Waals surface area contributed by atoms with Gasteiger partial charge >= 0.3 is 0 Å². The average Bonchev–Trinajstić information content (AvgIpc) is 2.89. The van der Waals surface area contributed by atoms with Gasteiger partial charge in [-0.05, 0) is 23.4 Å². The number of nitro benzene ring substituents is 1. The number of rotatable bonds is 3. The number of benzene rings is 2. The van der Waals surface area contributed by atoms with Crippen molar-refractivity contribution in [2.75, 3.05) is 0 Å². The van der Waals surface area contributed by atoms with Gasteiger partial charge in [-0.2, -0.15) is 0 Å². The van der Waals surface area contributed by atoms with Crippen molar-refractivity contribution < 1.29 is 9.72 Å². The van der Waals surface area contributed by atoms with Crippen LogP contribution in [0.25, 0.3) is 6.08 Å². The van der Waals surface area contributed by atoms with Gasteiger partial charge in [0.1, 0.15) is 10.7 Å². The van der Waals surface area contributed by atoms with Crippen LogP contribution in [-0.4, -0.2) is 15.1 Å². The summed E-state index contributed by atoms with van der Waals surface area (Å²) in [5.74, 6) is 0. The second-order valence-corrected chi connectivity index (χ2v) is 5.52. The van der Waals surface area contributed by atoms with Gasteiger partial charge in [-0.3, -0.25) is 14.9 Å². The minimum absolute atomic E-state index is 0.0142. The Bertz CT molecular complexity index is 813.